The molecule has 1 aliphatic rings. The van der Waals surface area contributed by atoms with E-state index in [1.165, 1.54) is 12.4 Å². The highest BCUT2D eigenvalue weighted by Gasteiger charge is 2.37. The van der Waals surface area contributed by atoms with Crippen molar-refractivity contribution in [3.8, 4) is 0 Å². The van der Waals surface area contributed by atoms with Crippen LogP contribution < -0.4 is 10.6 Å². The van der Waals surface area contributed by atoms with Gasteiger partial charge < -0.3 is 10.6 Å². The standard InChI is InChI=1S/C19H24N6O2/c1-3-21-19(27)17-7-16(12-25(17)11-14-5-4-6-20-8-14)24-18(26)15-9-22-13(2)23-10-15/h4-6,8-10,16-17H,3,7,11-12H2,1-2H3,(H,21,27)(H,24,26)/t16-,17-/m0/s1. The number of nitrogens with one attached hydrogen (secondary N) is 2. The second kappa shape index (κ2) is 8.68. The molecular formula is C19H24N6O2. The predicted molar refractivity (Wildman–Crippen MR) is 99.8 cm³/mol. The van der Waals surface area contributed by atoms with Crippen molar-refractivity contribution in [3.63, 3.8) is 0 Å². The third-order valence-electron chi connectivity index (χ3n) is 4.54. The van der Waals surface area contributed by atoms with Gasteiger partial charge in [-0.15, -0.1) is 0 Å². The van der Waals surface area contributed by atoms with Crippen LogP contribution in [0.4, 0.5) is 0 Å². The molecule has 27 heavy (non-hydrogen) atoms. The number of hydrogen-bond acceptors (Lipinski definition) is 6. The van der Waals surface area contributed by atoms with Crippen molar-refractivity contribution in [2.24, 2.45) is 0 Å². The number of amides is 2. The maximum Gasteiger partial charge on any atom is 0.254 e. The average Bonchev–Trinajstić information content (AvgIpc) is 3.05. The number of likely N-dealkylation sites (tertiary alicyclic amines) is 1. The summed E-state index contributed by atoms with van der Waals surface area (Å²) in [4.78, 5) is 39.3. The Balaban J connectivity index is 1.68. The van der Waals surface area contributed by atoms with Crippen LogP contribution >= 0.6 is 0 Å². The number of carbonyl (C=O) groups is 2. The molecule has 0 radical (unpaired) electrons. The van der Waals surface area contributed by atoms with Gasteiger partial charge in [-0.3, -0.25) is 19.5 Å². The molecule has 0 saturated carbocycles. The van der Waals surface area contributed by atoms with Gasteiger partial charge in [0.2, 0.25) is 5.91 Å². The molecule has 2 aromatic rings. The molecular weight excluding hydrogens is 344 g/mol. The summed E-state index contributed by atoms with van der Waals surface area (Å²) < 4.78 is 0. The molecule has 0 unspecified atom stereocenters. The summed E-state index contributed by atoms with van der Waals surface area (Å²) in [6.45, 7) is 5.44. The minimum absolute atomic E-state index is 0.0168. The molecule has 142 valence electrons. The van der Waals surface area contributed by atoms with Gasteiger partial charge >= 0.3 is 0 Å². The maximum absolute atomic E-state index is 12.5. The van der Waals surface area contributed by atoms with E-state index >= 15 is 0 Å². The molecule has 2 amide bonds. The zero-order valence-corrected chi connectivity index (χ0v) is 15.6. The van der Waals surface area contributed by atoms with Gasteiger partial charge in [-0.1, -0.05) is 6.07 Å². The molecule has 2 N–H and O–H groups in total. The Bertz CT molecular complexity index is 781. The van der Waals surface area contributed by atoms with Gasteiger partial charge in [0, 0.05) is 50.5 Å². The molecule has 0 spiro atoms. The number of rotatable bonds is 6. The highest BCUT2D eigenvalue weighted by Crippen LogP contribution is 2.21. The lowest BCUT2D eigenvalue weighted by Gasteiger charge is -2.23. The van der Waals surface area contributed by atoms with Crippen molar-refractivity contribution in [2.75, 3.05) is 13.1 Å². The van der Waals surface area contributed by atoms with Crippen molar-refractivity contribution >= 4 is 11.8 Å². The molecule has 2 aromatic heterocycles. The van der Waals surface area contributed by atoms with E-state index in [4.69, 9.17) is 0 Å². The quantitative estimate of drug-likeness (QED) is 0.778. The molecule has 1 fully saturated rings. The van der Waals surface area contributed by atoms with E-state index < -0.39 is 0 Å². The summed E-state index contributed by atoms with van der Waals surface area (Å²) in [6, 6.07) is 3.45. The number of aromatic nitrogens is 3. The number of pyridine rings is 1. The Morgan fingerprint density at radius 3 is 2.70 bits per heavy atom. The summed E-state index contributed by atoms with van der Waals surface area (Å²) in [5, 5.41) is 5.89. The summed E-state index contributed by atoms with van der Waals surface area (Å²) in [6.07, 6.45) is 7.11. The Labute approximate surface area is 158 Å². The maximum atomic E-state index is 12.5. The fourth-order valence-electron chi connectivity index (χ4n) is 3.25. The van der Waals surface area contributed by atoms with E-state index in [9.17, 15) is 9.59 Å². The fourth-order valence-corrected chi connectivity index (χ4v) is 3.25. The minimum atomic E-state index is -0.287. The summed E-state index contributed by atoms with van der Waals surface area (Å²) >= 11 is 0. The van der Waals surface area contributed by atoms with Crippen molar-refractivity contribution < 1.29 is 9.59 Å². The zero-order valence-electron chi connectivity index (χ0n) is 15.6. The first-order chi connectivity index (χ1) is 13.1. The number of carbonyl (C=O) groups excluding carboxylic acids is 2. The van der Waals surface area contributed by atoms with Crippen LogP contribution in [0.3, 0.4) is 0 Å². The van der Waals surface area contributed by atoms with E-state index in [1.54, 1.807) is 19.3 Å². The fraction of sp³-hybridized carbons (Fsp3) is 0.421. The molecule has 1 saturated heterocycles. The predicted octanol–water partition coefficient (Wildman–Crippen LogP) is 0.689. The first-order valence-corrected chi connectivity index (χ1v) is 9.07. The first kappa shape index (κ1) is 18.9. The van der Waals surface area contributed by atoms with E-state index in [1.807, 2.05) is 19.1 Å². The number of likely N-dealkylation sites (N-methyl/N-ethyl adjacent to an activating group) is 1. The highest BCUT2D eigenvalue weighted by molar-refractivity contribution is 5.94. The van der Waals surface area contributed by atoms with Crippen LogP contribution in [0, 0.1) is 6.92 Å². The molecule has 3 rings (SSSR count). The molecule has 0 bridgehead atoms. The number of nitrogens with zero attached hydrogens (tertiary/aromatic N) is 4. The number of hydrogen-bond donors (Lipinski definition) is 2. The molecule has 3 heterocycles. The monoisotopic (exact) mass is 368 g/mol. The van der Waals surface area contributed by atoms with Gasteiger partial charge in [-0.2, -0.15) is 0 Å². The minimum Gasteiger partial charge on any atom is -0.355 e. The Hall–Kier alpha value is -2.87. The summed E-state index contributed by atoms with van der Waals surface area (Å²) in [5.41, 5.74) is 1.45. The lowest BCUT2D eigenvalue weighted by Crippen LogP contribution is -2.42. The van der Waals surface area contributed by atoms with Crippen LogP contribution in [0.15, 0.2) is 36.9 Å². The molecule has 0 aromatic carbocycles. The summed E-state index contributed by atoms with van der Waals surface area (Å²) in [7, 11) is 0. The van der Waals surface area contributed by atoms with Gasteiger partial charge in [0.15, 0.2) is 0 Å². The summed E-state index contributed by atoms with van der Waals surface area (Å²) in [5.74, 6) is 0.376. The van der Waals surface area contributed by atoms with Gasteiger partial charge in [0.1, 0.15) is 5.82 Å². The second-order valence-corrected chi connectivity index (χ2v) is 6.63. The molecule has 8 heteroatoms. The largest absolute Gasteiger partial charge is 0.355 e. The van der Waals surface area contributed by atoms with Crippen LogP contribution in [0.1, 0.15) is 35.1 Å². The Morgan fingerprint density at radius 1 is 1.26 bits per heavy atom. The lowest BCUT2D eigenvalue weighted by molar-refractivity contribution is -0.125. The van der Waals surface area contributed by atoms with Crippen LogP contribution in [-0.2, 0) is 11.3 Å². The van der Waals surface area contributed by atoms with Crippen LogP contribution in [0.2, 0.25) is 0 Å². The van der Waals surface area contributed by atoms with Crippen molar-refractivity contribution in [1.29, 1.82) is 0 Å². The van der Waals surface area contributed by atoms with Crippen LogP contribution in [0.25, 0.3) is 0 Å². The SMILES string of the molecule is CCNC(=O)[C@@H]1C[C@H](NC(=O)c2cnc(C)nc2)CN1Cc1cccnc1. The van der Waals surface area contributed by atoms with E-state index in [2.05, 4.69) is 30.5 Å². The third kappa shape index (κ3) is 4.85. The van der Waals surface area contributed by atoms with Gasteiger partial charge in [-0.05, 0) is 31.9 Å². The Morgan fingerprint density at radius 2 is 2.04 bits per heavy atom. The third-order valence-corrected chi connectivity index (χ3v) is 4.54. The first-order valence-electron chi connectivity index (χ1n) is 9.07. The van der Waals surface area contributed by atoms with E-state index in [0.717, 1.165) is 5.56 Å². The molecule has 1 aliphatic heterocycles. The normalized spacial score (nSPS) is 19.6. The van der Waals surface area contributed by atoms with Gasteiger partial charge in [0.05, 0.1) is 11.6 Å². The lowest BCUT2D eigenvalue weighted by atomic mass is 10.1. The van der Waals surface area contributed by atoms with Crippen LogP contribution in [-0.4, -0.2) is 56.8 Å². The van der Waals surface area contributed by atoms with Gasteiger partial charge in [0.25, 0.3) is 5.91 Å². The highest BCUT2D eigenvalue weighted by atomic mass is 16.2. The van der Waals surface area contributed by atoms with E-state index in [-0.39, 0.29) is 23.9 Å². The van der Waals surface area contributed by atoms with Gasteiger partial charge in [-0.25, -0.2) is 9.97 Å². The van der Waals surface area contributed by atoms with E-state index in [0.29, 0.717) is 37.4 Å². The second-order valence-electron chi connectivity index (χ2n) is 6.63. The molecule has 0 aliphatic carbocycles. The average molecular weight is 368 g/mol. The topological polar surface area (TPSA) is 100 Å². The van der Waals surface area contributed by atoms with Crippen molar-refractivity contribution in [1.82, 2.24) is 30.5 Å². The van der Waals surface area contributed by atoms with Crippen molar-refractivity contribution in [3.05, 3.63) is 53.9 Å². The van der Waals surface area contributed by atoms with Crippen molar-refractivity contribution in [2.45, 2.75) is 38.9 Å². The molecule has 2 atom stereocenters. The Kier molecular flexibility index (Phi) is 6.08. The number of aryl methyl sites for hydroxylation is 1. The zero-order chi connectivity index (χ0) is 19.2. The smallest absolute Gasteiger partial charge is 0.254 e. The molecule has 8 nitrogen and oxygen atoms in total. The van der Waals surface area contributed by atoms with Crippen LogP contribution in [0.5, 0.6) is 0 Å².